The molecule has 2 aromatic rings. The van der Waals surface area contributed by atoms with Crippen LogP contribution in [0.4, 0.5) is 4.39 Å². The highest BCUT2D eigenvalue weighted by molar-refractivity contribution is 5.97. The van der Waals surface area contributed by atoms with E-state index in [9.17, 15) is 14.0 Å². The fourth-order valence-electron chi connectivity index (χ4n) is 2.74. The Morgan fingerprint density at radius 1 is 1.38 bits per heavy atom. The van der Waals surface area contributed by atoms with E-state index < -0.39 is 5.92 Å². The summed E-state index contributed by atoms with van der Waals surface area (Å²) >= 11 is 0. The average Bonchev–Trinajstić information content (AvgIpc) is 3.42. The summed E-state index contributed by atoms with van der Waals surface area (Å²) in [6.07, 6.45) is 3.35. The standard InChI is InChI=1S/C18H19FN2O3/c1-11(18(23)24-2)10-21(15-4-5-15)17(22)13-7-12-8-14(19)3-6-16(12)20-9-13/h3,6-9,11,15H,4-5,10H2,1-2H3/t11-/m0/s1. The first-order chi connectivity index (χ1) is 11.5. The van der Waals surface area contributed by atoms with Crippen LogP contribution in [0.5, 0.6) is 0 Å². The number of amides is 1. The van der Waals surface area contributed by atoms with E-state index in [4.69, 9.17) is 4.74 Å². The van der Waals surface area contributed by atoms with Gasteiger partial charge in [-0.3, -0.25) is 14.6 Å². The van der Waals surface area contributed by atoms with Crippen molar-refractivity contribution in [3.8, 4) is 0 Å². The van der Waals surface area contributed by atoms with Gasteiger partial charge in [0, 0.05) is 24.2 Å². The van der Waals surface area contributed by atoms with E-state index in [1.54, 1.807) is 24.0 Å². The van der Waals surface area contributed by atoms with Crippen molar-refractivity contribution in [3.05, 3.63) is 41.8 Å². The topological polar surface area (TPSA) is 59.5 Å². The Morgan fingerprint density at radius 3 is 2.79 bits per heavy atom. The lowest BCUT2D eigenvalue weighted by atomic mass is 10.1. The van der Waals surface area contributed by atoms with Crippen molar-refractivity contribution in [1.82, 2.24) is 9.88 Å². The van der Waals surface area contributed by atoms with Crippen molar-refractivity contribution in [2.24, 2.45) is 5.92 Å². The van der Waals surface area contributed by atoms with Crippen LogP contribution in [-0.4, -0.2) is 41.5 Å². The maximum atomic E-state index is 13.4. The molecule has 1 fully saturated rings. The SMILES string of the molecule is COC(=O)[C@@H](C)CN(C(=O)c1cnc2ccc(F)cc2c1)C1CC1. The van der Waals surface area contributed by atoms with E-state index in [2.05, 4.69) is 4.98 Å². The first-order valence-corrected chi connectivity index (χ1v) is 7.93. The number of methoxy groups -OCH3 is 1. The van der Waals surface area contributed by atoms with Crippen molar-refractivity contribution >= 4 is 22.8 Å². The van der Waals surface area contributed by atoms with Crippen molar-refractivity contribution in [3.63, 3.8) is 0 Å². The minimum Gasteiger partial charge on any atom is -0.469 e. The fourth-order valence-corrected chi connectivity index (χ4v) is 2.74. The summed E-state index contributed by atoms with van der Waals surface area (Å²) in [5.41, 5.74) is 1.03. The molecule has 0 bridgehead atoms. The Balaban J connectivity index is 1.86. The molecule has 0 radical (unpaired) electrons. The molecule has 0 spiro atoms. The van der Waals surface area contributed by atoms with Crippen LogP contribution < -0.4 is 0 Å². The van der Waals surface area contributed by atoms with Gasteiger partial charge in [0.2, 0.25) is 0 Å². The number of ether oxygens (including phenoxy) is 1. The Morgan fingerprint density at radius 2 is 2.12 bits per heavy atom. The molecule has 0 N–H and O–H groups in total. The number of rotatable bonds is 5. The van der Waals surface area contributed by atoms with Gasteiger partial charge in [0.25, 0.3) is 5.91 Å². The Bertz CT molecular complexity index is 789. The number of nitrogens with zero attached hydrogens (tertiary/aromatic N) is 2. The summed E-state index contributed by atoms with van der Waals surface area (Å²) in [5.74, 6) is -1.29. The lowest BCUT2D eigenvalue weighted by Crippen LogP contribution is -2.38. The number of hydrogen-bond donors (Lipinski definition) is 0. The van der Waals surface area contributed by atoms with Crippen LogP contribution >= 0.6 is 0 Å². The van der Waals surface area contributed by atoms with Gasteiger partial charge in [0.15, 0.2) is 0 Å². The average molecular weight is 330 g/mol. The van der Waals surface area contributed by atoms with Crippen molar-refractivity contribution < 1.29 is 18.7 Å². The zero-order chi connectivity index (χ0) is 17.3. The number of aromatic nitrogens is 1. The summed E-state index contributed by atoms with van der Waals surface area (Å²) in [6.45, 7) is 2.04. The number of benzene rings is 1. The minimum absolute atomic E-state index is 0.146. The second-order valence-electron chi connectivity index (χ2n) is 6.17. The molecule has 126 valence electrons. The molecule has 1 aromatic heterocycles. The van der Waals surface area contributed by atoms with Gasteiger partial charge in [-0.1, -0.05) is 6.92 Å². The molecule has 24 heavy (non-hydrogen) atoms. The van der Waals surface area contributed by atoms with Gasteiger partial charge in [-0.15, -0.1) is 0 Å². The molecule has 0 unspecified atom stereocenters. The van der Waals surface area contributed by atoms with Crippen LogP contribution in [-0.2, 0) is 9.53 Å². The summed E-state index contributed by atoms with van der Waals surface area (Å²) in [6, 6.07) is 6.07. The Hall–Kier alpha value is -2.50. The van der Waals surface area contributed by atoms with Crippen LogP contribution in [0.2, 0.25) is 0 Å². The molecular formula is C18H19FN2O3. The monoisotopic (exact) mass is 330 g/mol. The molecule has 1 aromatic carbocycles. The smallest absolute Gasteiger partial charge is 0.310 e. The van der Waals surface area contributed by atoms with Crippen molar-refractivity contribution in [2.75, 3.05) is 13.7 Å². The largest absolute Gasteiger partial charge is 0.469 e. The number of halogens is 1. The number of pyridine rings is 1. The van der Waals surface area contributed by atoms with E-state index >= 15 is 0 Å². The predicted octanol–water partition coefficient (Wildman–Crippen LogP) is 2.79. The molecule has 1 atom stereocenters. The van der Waals surface area contributed by atoms with Crippen molar-refractivity contribution in [1.29, 1.82) is 0 Å². The highest BCUT2D eigenvalue weighted by atomic mass is 19.1. The number of esters is 1. The molecule has 1 heterocycles. The second-order valence-corrected chi connectivity index (χ2v) is 6.17. The first kappa shape index (κ1) is 16.4. The number of carbonyl (C=O) groups excluding carboxylic acids is 2. The van der Waals surface area contributed by atoms with E-state index in [0.717, 1.165) is 12.8 Å². The maximum absolute atomic E-state index is 13.4. The van der Waals surface area contributed by atoms with Crippen LogP contribution in [0, 0.1) is 11.7 Å². The Kier molecular flexibility index (Phi) is 4.46. The number of hydrogen-bond acceptors (Lipinski definition) is 4. The quantitative estimate of drug-likeness (QED) is 0.791. The summed E-state index contributed by atoms with van der Waals surface area (Å²) in [4.78, 5) is 30.4. The first-order valence-electron chi connectivity index (χ1n) is 7.93. The molecule has 6 heteroatoms. The second kappa shape index (κ2) is 6.55. The molecule has 1 saturated carbocycles. The highest BCUT2D eigenvalue weighted by Gasteiger charge is 2.35. The van der Waals surface area contributed by atoms with E-state index in [1.807, 2.05) is 0 Å². The molecular weight excluding hydrogens is 311 g/mol. The molecule has 0 aliphatic heterocycles. The lowest BCUT2D eigenvalue weighted by Gasteiger charge is -2.25. The molecule has 3 rings (SSSR count). The van der Waals surface area contributed by atoms with Crippen LogP contribution in [0.1, 0.15) is 30.1 Å². The normalized spacial score (nSPS) is 15.1. The number of fused-ring (bicyclic) bond motifs is 1. The summed E-state index contributed by atoms with van der Waals surface area (Å²) in [7, 11) is 1.34. The minimum atomic E-state index is -0.398. The molecule has 5 nitrogen and oxygen atoms in total. The zero-order valence-electron chi connectivity index (χ0n) is 13.7. The van der Waals surface area contributed by atoms with E-state index in [-0.39, 0.29) is 23.7 Å². The third-order valence-electron chi connectivity index (χ3n) is 4.21. The lowest BCUT2D eigenvalue weighted by molar-refractivity contribution is -0.145. The Labute approximate surface area is 139 Å². The summed E-state index contributed by atoms with van der Waals surface area (Å²) in [5, 5.41) is 0.581. The van der Waals surface area contributed by atoms with Crippen LogP contribution in [0.3, 0.4) is 0 Å². The fraction of sp³-hybridized carbons (Fsp3) is 0.389. The predicted molar refractivity (Wildman–Crippen MR) is 86.9 cm³/mol. The van der Waals surface area contributed by atoms with E-state index in [1.165, 1.54) is 25.4 Å². The van der Waals surface area contributed by atoms with Gasteiger partial charge in [-0.2, -0.15) is 0 Å². The molecule has 1 aliphatic rings. The van der Waals surface area contributed by atoms with Gasteiger partial charge in [0.05, 0.1) is 24.1 Å². The van der Waals surface area contributed by atoms with Gasteiger partial charge < -0.3 is 9.64 Å². The third-order valence-corrected chi connectivity index (χ3v) is 4.21. The van der Waals surface area contributed by atoms with Gasteiger partial charge in [-0.05, 0) is 37.1 Å². The molecule has 1 aliphatic carbocycles. The van der Waals surface area contributed by atoms with Gasteiger partial charge in [0.1, 0.15) is 5.82 Å². The number of carbonyl (C=O) groups is 2. The molecule has 0 saturated heterocycles. The summed E-state index contributed by atoms with van der Waals surface area (Å²) < 4.78 is 18.1. The van der Waals surface area contributed by atoms with Gasteiger partial charge >= 0.3 is 5.97 Å². The van der Waals surface area contributed by atoms with E-state index in [0.29, 0.717) is 23.0 Å². The molecule has 1 amide bonds. The third kappa shape index (κ3) is 3.37. The van der Waals surface area contributed by atoms with Crippen molar-refractivity contribution in [2.45, 2.75) is 25.8 Å². The zero-order valence-corrected chi connectivity index (χ0v) is 13.7. The maximum Gasteiger partial charge on any atom is 0.310 e. The highest BCUT2D eigenvalue weighted by Crippen LogP contribution is 2.29. The van der Waals surface area contributed by atoms with Crippen LogP contribution in [0.15, 0.2) is 30.5 Å². The van der Waals surface area contributed by atoms with Crippen LogP contribution in [0.25, 0.3) is 10.9 Å². The van der Waals surface area contributed by atoms with Gasteiger partial charge in [-0.25, -0.2) is 4.39 Å².